The number of ether oxygens (including phenoxy) is 3. The highest BCUT2D eigenvalue weighted by Crippen LogP contribution is 2.29. The predicted molar refractivity (Wildman–Crippen MR) is 121 cm³/mol. The number of nitrogen functional groups attached to an aromatic ring is 1. The summed E-state index contributed by atoms with van der Waals surface area (Å²) >= 11 is 0. The van der Waals surface area contributed by atoms with Gasteiger partial charge in [-0.05, 0) is 56.7 Å². The van der Waals surface area contributed by atoms with Gasteiger partial charge >= 0.3 is 0 Å². The molecule has 2 heterocycles. The number of nitrogens with two attached hydrogens (primary N) is 1. The molecule has 32 heavy (non-hydrogen) atoms. The van der Waals surface area contributed by atoms with E-state index in [-0.39, 0.29) is 35.8 Å². The van der Waals surface area contributed by atoms with E-state index in [1.807, 2.05) is 38.1 Å². The monoisotopic (exact) mass is 441 g/mol. The Kier molecular flexibility index (Phi) is 8.08. The van der Waals surface area contributed by atoms with Crippen molar-refractivity contribution in [3.63, 3.8) is 0 Å². The first kappa shape index (κ1) is 23.6. The largest absolute Gasteiger partial charge is 0.508 e. The Bertz CT molecular complexity index is 914. The molecular weight excluding hydrogens is 410 g/mol. The van der Waals surface area contributed by atoms with Crippen LogP contribution in [0, 0.1) is 5.41 Å². The van der Waals surface area contributed by atoms with E-state index >= 15 is 0 Å². The standard InChI is InChI=1S/C17H23NO4.C7H8N2O/c1-3-18(4-2)17(19)12-5-7-13(8-6-12)22-15-11-21-14-9-10-20-16(14)15;8-7(9)5-2-1-3-6(10)4-5/h5-8,14-16H,3-4,9-11H2,1-2H3;1-4,10H,(H3,8,9). The molecule has 0 saturated carbocycles. The number of amidine groups is 1. The zero-order valence-electron chi connectivity index (χ0n) is 18.5. The number of aromatic hydroxyl groups is 1. The normalized spacial score (nSPS) is 21.2. The number of benzene rings is 2. The Labute approximate surface area is 188 Å². The number of fused-ring (bicyclic) bond motifs is 1. The Balaban J connectivity index is 0.000000243. The van der Waals surface area contributed by atoms with Crippen LogP contribution in [0.3, 0.4) is 0 Å². The Morgan fingerprint density at radius 2 is 1.88 bits per heavy atom. The van der Waals surface area contributed by atoms with Gasteiger partial charge < -0.3 is 30.0 Å². The predicted octanol–water partition coefficient (Wildman–Crippen LogP) is 2.78. The van der Waals surface area contributed by atoms with Crippen molar-refractivity contribution in [3.8, 4) is 11.5 Å². The first-order valence-corrected chi connectivity index (χ1v) is 10.9. The van der Waals surface area contributed by atoms with Crippen LogP contribution < -0.4 is 10.5 Å². The van der Waals surface area contributed by atoms with Crippen LogP contribution in [0.25, 0.3) is 0 Å². The first-order chi connectivity index (χ1) is 15.4. The number of nitrogens with one attached hydrogen (secondary N) is 1. The number of nitrogens with zero attached hydrogens (tertiary/aromatic N) is 1. The summed E-state index contributed by atoms with van der Waals surface area (Å²) < 4.78 is 17.3. The molecule has 4 N–H and O–H groups in total. The molecule has 2 fully saturated rings. The van der Waals surface area contributed by atoms with Gasteiger partial charge in [0.1, 0.15) is 23.4 Å². The minimum Gasteiger partial charge on any atom is -0.508 e. The van der Waals surface area contributed by atoms with E-state index in [1.165, 1.54) is 12.1 Å². The highest BCUT2D eigenvalue weighted by molar-refractivity contribution is 5.95. The average Bonchev–Trinajstić information content (AvgIpc) is 3.41. The first-order valence-electron chi connectivity index (χ1n) is 10.9. The van der Waals surface area contributed by atoms with Crippen molar-refractivity contribution < 1.29 is 24.1 Å². The Hall–Kier alpha value is -3.10. The smallest absolute Gasteiger partial charge is 0.253 e. The van der Waals surface area contributed by atoms with Crippen molar-refractivity contribution in [2.75, 3.05) is 26.3 Å². The fourth-order valence-electron chi connectivity index (χ4n) is 3.75. The Morgan fingerprint density at radius 3 is 2.47 bits per heavy atom. The van der Waals surface area contributed by atoms with E-state index in [9.17, 15) is 4.79 Å². The molecule has 8 heteroatoms. The van der Waals surface area contributed by atoms with E-state index in [4.69, 9.17) is 30.5 Å². The second-order valence-electron chi connectivity index (χ2n) is 7.62. The molecule has 0 spiro atoms. The summed E-state index contributed by atoms with van der Waals surface area (Å²) in [6, 6.07) is 13.6. The summed E-state index contributed by atoms with van der Waals surface area (Å²) in [6.07, 6.45) is 1.10. The zero-order valence-corrected chi connectivity index (χ0v) is 18.5. The van der Waals surface area contributed by atoms with Gasteiger partial charge in [0.25, 0.3) is 5.91 Å². The number of phenols is 1. The van der Waals surface area contributed by atoms with Crippen molar-refractivity contribution in [3.05, 3.63) is 59.7 Å². The summed E-state index contributed by atoms with van der Waals surface area (Å²) in [7, 11) is 0. The van der Waals surface area contributed by atoms with Crippen LogP contribution in [-0.4, -0.2) is 66.4 Å². The second-order valence-corrected chi connectivity index (χ2v) is 7.62. The van der Waals surface area contributed by atoms with Gasteiger partial charge in [-0.15, -0.1) is 0 Å². The van der Waals surface area contributed by atoms with Gasteiger partial charge in [0.2, 0.25) is 0 Å². The van der Waals surface area contributed by atoms with Crippen molar-refractivity contribution in [1.29, 1.82) is 5.41 Å². The van der Waals surface area contributed by atoms with Gasteiger partial charge in [-0.25, -0.2) is 0 Å². The molecular formula is C24H31N3O5. The third-order valence-electron chi connectivity index (χ3n) is 5.52. The topological polar surface area (TPSA) is 118 Å². The van der Waals surface area contributed by atoms with E-state index in [1.54, 1.807) is 17.0 Å². The number of carbonyl (C=O) groups excluding carboxylic acids is 1. The fraction of sp³-hybridized carbons (Fsp3) is 0.417. The molecule has 0 radical (unpaired) electrons. The van der Waals surface area contributed by atoms with Crippen LogP contribution in [0.15, 0.2) is 48.5 Å². The van der Waals surface area contributed by atoms with Crippen LogP contribution in [0.4, 0.5) is 0 Å². The van der Waals surface area contributed by atoms with Crippen LogP contribution >= 0.6 is 0 Å². The van der Waals surface area contributed by atoms with Crippen LogP contribution in [0.2, 0.25) is 0 Å². The van der Waals surface area contributed by atoms with Crippen LogP contribution in [0.5, 0.6) is 11.5 Å². The molecule has 2 aromatic rings. The number of hydrogen-bond acceptors (Lipinski definition) is 6. The van der Waals surface area contributed by atoms with E-state index in [2.05, 4.69) is 0 Å². The highest BCUT2D eigenvalue weighted by Gasteiger charge is 2.43. The average molecular weight is 442 g/mol. The molecule has 1 amide bonds. The molecule has 2 aliphatic rings. The summed E-state index contributed by atoms with van der Waals surface area (Å²) in [5.74, 6) is 0.907. The van der Waals surface area contributed by atoms with Gasteiger partial charge in [-0.3, -0.25) is 10.2 Å². The van der Waals surface area contributed by atoms with Gasteiger partial charge in [0, 0.05) is 30.8 Å². The van der Waals surface area contributed by atoms with E-state index < -0.39 is 0 Å². The zero-order chi connectivity index (χ0) is 23.1. The number of phenolic OH excluding ortho intramolecular Hbond substituents is 1. The third kappa shape index (κ3) is 5.77. The van der Waals surface area contributed by atoms with E-state index in [0.717, 1.165) is 18.8 Å². The maximum Gasteiger partial charge on any atom is 0.253 e. The molecule has 2 saturated heterocycles. The molecule has 2 aromatic carbocycles. The summed E-state index contributed by atoms with van der Waals surface area (Å²) in [6.45, 7) is 6.71. The number of hydrogen-bond donors (Lipinski definition) is 3. The van der Waals surface area contributed by atoms with Crippen LogP contribution in [-0.2, 0) is 9.47 Å². The lowest BCUT2D eigenvalue weighted by Crippen LogP contribution is -2.32. The van der Waals surface area contributed by atoms with Crippen molar-refractivity contribution in [1.82, 2.24) is 4.90 Å². The molecule has 0 aromatic heterocycles. The molecule has 3 atom stereocenters. The quantitative estimate of drug-likeness (QED) is 0.469. The minimum atomic E-state index is -0.0585. The molecule has 2 aliphatic heterocycles. The summed E-state index contributed by atoms with van der Waals surface area (Å²) in [5, 5.41) is 15.9. The highest BCUT2D eigenvalue weighted by atomic mass is 16.6. The molecule has 0 aliphatic carbocycles. The molecule has 3 unspecified atom stereocenters. The fourth-order valence-corrected chi connectivity index (χ4v) is 3.75. The number of rotatable bonds is 6. The lowest BCUT2D eigenvalue weighted by molar-refractivity contribution is 0.0308. The molecule has 0 bridgehead atoms. The minimum absolute atomic E-state index is 0.0316. The second kappa shape index (κ2) is 11.0. The summed E-state index contributed by atoms with van der Waals surface area (Å²) in [4.78, 5) is 14.1. The molecule has 8 nitrogen and oxygen atoms in total. The van der Waals surface area contributed by atoms with Crippen molar-refractivity contribution in [2.45, 2.75) is 38.6 Å². The van der Waals surface area contributed by atoms with Crippen molar-refractivity contribution in [2.24, 2.45) is 5.73 Å². The van der Waals surface area contributed by atoms with Gasteiger partial charge in [0.05, 0.1) is 12.7 Å². The maximum absolute atomic E-state index is 12.3. The van der Waals surface area contributed by atoms with Crippen LogP contribution in [0.1, 0.15) is 36.2 Å². The number of amides is 1. The van der Waals surface area contributed by atoms with Gasteiger partial charge in [-0.1, -0.05) is 12.1 Å². The maximum atomic E-state index is 12.3. The van der Waals surface area contributed by atoms with Gasteiger partial charge in [-0.2, -0.15) is 0 Å². The lowest BCUT2D eigenvalue weighted by atomic mass is 10.1. The summed E-state index contributed by atoms with van der Waals surface area (Å²) in [5.41, 5.74) is 6.39. The lowest BCUT2D eigenvalue weighted by Gasteiger charge is -2.20. The third-order valence-corrected chi connectivity index (χ3v) is 5.52. The Morgan fingerprint density at radius 1 is 1.16 bits per heavy atom. The van der Waals surface area contributed by atoms with Gasteiger partial charge in [0.15, 0.2) is 6.10 Å². The molecule has 172 valence electrons. The molecule has 4 rings (SSSR count). The van der Waals surface area contributed by atoms with Crippen molar-refractivity contribution >= 4 is 11.7 Å². The number of carbonyl (C=O) groups is 1. The SMILES string of the molecule is CCN(CC)C(=O)c1ccc(OC2COC3CCOC32)cc1.N=C(N)c1cccc(O)c1. The van der Waals surface area contributed by atoms with E-state index in [0.29, 0.717) is 30.8 Å².